The fourth-order valence-electron chi connectivity index (χ4n) is 1.25. The van der Waals surface area contributed by atoms with Crippen LogP contribution in [0.3, 0.4) is 0 Å². The summed E-state index contributed by atoms with van der Waals surface area (Å²) in [5, 5.41) is 0. The van der Waals surface area contributed by atoms with E-state index < -0.39 is 0 Å². The van der Waals surface area contributed by atoms with Gasteiger partial charge in [0.15, 0.2) is 6.79 Å². The molecule has 0 aromatic heterocycles. The third-order valence-electron chi connectivity index (χ3n) is 1.86. The van der Waals surface area contributed by atoms with Crippen LogP contribution in [-0.4, -0.2) is 20.4 Å². The van der Waals surface area contributed by atoms with Crippen LogP contribution in [0.4, 0.5) is 5.69 Å². The van der Waals surface area contributed by atoms with Crippen molar-refractivity contribution in [2.45, 2.75) is 6.42 Å². The second-order valence-corrected chi connectivity index (χ2v) is 2.93. The molecule has 0 aliphatic rings. The van der Waals surface area contributed by atoms with E-state index in [1.54, 1.807) is 13.2 Å². The molecule has 0 radical (unpaired) electrons. The lowest BCUT2D eigenvalue weighted by Crippen LogP contribution is -2.08. The van der Waals surface area contributed by atoms with Gasteiger partial charge in [-0.2, -0.15) is 0 Å². The molecule has 0 heterocycles. The second-order valence-electron chi connectivity index (χ2n) is 2.93. The zero-order valence-corrected chi connectivity index (χ0v) is 8.32. The predicted octanol–water partition coefficient (Wildman–Crippen LogP) is 0.753. The first-order valence-electron chi connectivity index (χ1n) is 4.48. The first kappa shape index (κ1) is 10.8. The van der Waals surface area contributed by atoms with E-state index in [0.29, 0.717) is 18.0 Å². The molecule has 14 heavy (non-hydrogen) atoms. The zero-order chi connectivity index (χ0) is 10.4. The molecule has 0 saturated heterocycles. The molecule has 4 heteroatoms. The minimum Gasteiger partial charge on any atom is -0.465 e. The third-order valence-corrected chi connectivity index (χ3v) is 1.86. The Morgan fingerprint density at radius 3 is 2.79 bits per heavy atom. The molecule has 0 saturated carbocycles. The van der Waals surface area contributed by atoms with E-state index in [2.05, 4.69) is 0 Å². The Balaban J connectivity index is 2.84. The minimum absolute atomic E-state index is 0.200. The summed E-state index contributed by atoms with van der Waals surface area (Å²) in [5.41, 5.74) is 12.9. The van der Waals surface area contributed by atoms with E-state index in [-0.39, 0.29) is 6.79 Å². The molecule has 4 N–H and O–H groups in total. The summed E-state index contributed by atoms with van der Waals surface area (Å²) in [7, 11) is 1.57. The molecule has 0 bridgehead atoms. The minimum atomic E-state index is 0.200. The van der Waals surface area contributed by atoms with Crippen molar-refractivity contribution < 1.29 is 9.47 Å². The van der Waals surface area contributed by atoms with Crippen LogP contribution in [-0.2, 0) is 11.2 Å². The van der Waals surface area contributed by atoms with Crippen molar-refractivity contribution in [3.63, 3.8) is 0 Å². The first-order valence-corrected chi connectivity index (χ1v) is 4.48. The molecule has 0 spiro atoms. The van der Waals surface area contributed by atoms with Crippen LogP contribution in [0.25, 0.3) is 0 Å². The molecule has 0 atom stereocenters. The topological polar surface area (TPSA) is 70.5 Å². The van der Waals surface area contributed by atoms with Gasteiger partial charge >= 0.3 is 0 Å². The molecule has 0 unspecified atom stereocenters. The Morgan fingerprint density at radius 2 is 2.14 bits per heavy atom. The summed E-state index contributed by atoms with van der Waals surface area (Å²) >= 11 is 0. The van der Waals surface area contributed by atoms with E-state index in [9.17, 15) is 0 Å². The SMILES string of the molecule is COCOc1c(N)cccc1CCN. The van der Waals surface area contributed by atoms with Gasteiger partial charge in [-0.3, -0.25) is 0 Å². The maximum atomic E-state index is 5.77. The molecule has 0 aliphatic heterocycles. The molecule has 0 fully saturated rings. The van der Waals surface area contributed by atoms with Crippen molar-refractivity contribution in [2.75, 3.05) is 26.2 Å². The fourth-order valence-corrected chi connectivity index (χ4v) is 1.25. The lowest BCUT2D eigenvalue weighted by molar-refractivity contribution is 0.0510. The van der Waals surface area contributed by atoms with Crippen LogP contribution in [0, 0.1) is 0 Å². The Labute approximate surface area is 83.8 Å². The van der Waals surface area contributed by atoms with Crippen LogP contribution >= 0.6 is 0 Å². The average Bonchev–Trinajstić information content (AvgIpc) is 2.18. The molecule has 0 aliphatic carbocycles. The number of anilines is 1. The number of rotatable bonds is 5. The van der Waals surface area contributed by atoms with Crippen molar-refractivity contribution in [3.8, 4) is 5.75 Å². The first-order chi connectivity index (χ1) is 6.79. The van der Waals surface area contributed by atoms with E-state index in [0.717, 1.165) is 12.0 Å². The standard InChI is InChI=1S/C10H16N2O2/c1-13-7-14-10-8(5-6-11)3-2-4-9(10)12/h2-4H,5-7,11-12H2,1H3. The highest BCUT2D eigenvalue weighted by atomic mass is 16.7. The number of ether oxygens (including phenoxy) is 2. The number of nitrogen functional groups attached to an aromatic ring is 1. The Hall–Kier alpha value is -1.26. The van der Waals surface area contributed by atoms with Crippen LogP contribution in [0.1, 0.15) is 5.56 Å². The van der Waals surface area contributed by atoms with Gasteiger partial charge in [0.2, 0.25) is 0 Å². The largest absolute Gasteiger partial charge is 0.465 e. The molecule has 0 amide bonds. The van der Waals surface area contributed by atoms with Crippen LogP contribution in [0.2, 0.25) is 0 Å². The van der Waals surface area contributed by atoms with E-state index in [1.807, 2.05) is 12.1 Å². The van der Waals surface area contributed by atoms with Gasteiger partial charge in [-0.25, -0.2) is 0 Å². The number of hydrogen-bond donors (Lipinski definition) is 2. The number of methoxy groups -OCH3 is 1. The number of nitrogens with two attached hydrogens (primary N) is 2. The summed E-state index contributed by atoms with van der Waals surface area (Å²) in [4.78, 5) is 0. The summed E-state index contributed by atoms with van der Waals surface area (Å²) in [5.74, 6) is 0.680. The quantitative estimate of drug-likeness (QED) is 0.538. The highest BCUT2D eigenvalue weighted by Gasteiger charge is 2.06. The van der Waals surface area contributed by atoms with Gasteiger partial charge in [0.25, 0.3) is 0 Å². The van der Waals surface area contributed by atoms with Crippen LogP contribution < -0.4 is 16.2 Å². The molecular weight excluding hydrogens is 180 g/mol. The fraction of sp³-hybridized carbons (Fsp3) is 0.400. The lowest BCUT2D eigenvalue weighted by atomic mass is 10.1. The van der Waals surface area contributed by atoms with Crippen molar-refractivity contribution >= 4 is 5.69 Å². The summed E-state index contributed by atoms with van der Waals surface area (Å²) in [6, 6.07) is 5.64. The van der Waals surface area contributed by atoms with Crippen molar-refractivity contribution in [1.29, 1.82) is 0 Å². The van der Waals surface area contributed by atoms with Crippen molar-refractivity contribution in [2.24, 2.45) is 5.73 Å². The molecule has 78 valence electrons. The van der Waals surface area contributed by atoms with Gasteiger partial charge < -0.3 is 20.9 Å². The Bertz CT molecular complexity index is 289. The lowest BCUT2D eigenvalue weighted by Gasteiger charge is -2.12. The van der Waals surface area contributed by atoms with Gasteiger partial charge in [-0.05, 0) is 24.6 Å². The molecular formula is C10H16N2O2. The summed E-state index contributed by atoms with van der Waals surface area (Å²) < 4.78 is 10.2. The second kappa shape index (κ2) is 5.47. The third kappa shape index (κ3) is 2.61. The van der Waals surface area contributed by atoms with Gasteiger partial charge in [-0.1, -0.05) is 12.1 Å². The highest BCUT2D eigenvalue weighted by Crippen LogP contribution is 2.26. The van der Waals surface area contributed by atoms with Gasteiger partial charge in [0, 0.05) is 7.11 Å². The van der Waals surface area contributed by atoms with Gasteiger partial charge in [0.1, 0.15) is 5.75 Å². The van der Waals surface area contributed by atoms with E-state index >= 15 is 0 Å². The Morgan fingerprint density at radius 1 is 1.36 bits per heavy atom. The monoisotopic (exact) mass is 196 g/mol. The molecule has 4 nitrogen and oxygen atoms in total. The maximum Gasteiger partial charge on any atom is 0.188 e. The zero-order valence-electron chi connectivity index (χ0n) is 8.32. The predicted molar refractivity (Wildman–Crippen MR) is 56.1 cm³/mol. The maximum absolute atomic E-state index is 5.77. The average molecular weight is 196 g/mol. The van der Waals surface area contributed by atoms with E-state index in [4.69, 9.17) is 20.9 Å². The smallest absolute Gasteiger partial charge is 0.188 e. The van der Waals surface area contributed by atoms with Crippen molar-refractivity contribution in [3.05, 3.63) is 23.8 Å². The number of benzene rings is 1. The number of hydrogen-bond acceptors (Lipinski definition) is 4. The van der Waals surface area contributed by atoms with Gasteiger partial charge in [0.05, 0.1) is 5.69 Å². The highest BCUT2D eigenvalue weighted by molar-refractivity contribution is 5.56. The molecule has 1 aromatic rings. The number of para-hydroxylation sites is 1. The van der Waals surface area contributed by atoms with E-state index in [1.165, 1.54) is 0 Å². The molecule has 1 aromatic carbocycles. The molecule has 1 rings (SSSR count). The van der Waals surface area contributed by atoms with Crippen LogP contribution in [0.5, 0.6) is 5.75 Å². The van der Waals surface area contributed by atoms with Gasteiger partial charge in [-0.15, -0.1) is 0 Å². The Kier molecular flexibility index (Phi) is 4.22. The van der Waals surface area contributed by atoms with Crippen LogP contribution in [0.15, 0.2) is 18.2 Å². The summed E-state index contributed by atoms with van der Waals surface area (Å²) in [6.07, 6.45) is 0.754. The van der Waals surface area contributed by atoms with Crippen molar-refractivity contribution in [1.82, 2.24) is 0 Å². The normalized spacial score (nSPS) is 10.1. The summed E-state index contributed by atoms with van der Waals surface area (Å²) in [6.45, 7) is 0.776.